The fourth-order valence-corrected chi connectivity index (χ4v) is 2.85. The average molecular weight is 364 g/mol. The van der Waals surface area contributed by atoms with Gasteiger partial charge in [-0.1, -0.05) is 42.5 Å². The van der Waals surface area contributed by atoms with Crippen LogP contribution in [-0.4, -0.2) is 19.1 Å². The molecule has 3 aromatic rings. The fraction of sp³-hybridized carbons (Fsp3) is 0.227. The zero-order valence-electron chi connectivity index (χ0n) is 15.5. The molecule has 0 aliphatic carbocycles. The van der Waals surface area contributed by atoms with Gasteiger partial charge in [-0.15, -0.1) is 0 Å². The van der Waals surface area contributed by atoms with Gasteiger partial charge in [-0.25, -0.2) is 0 Å². The van der Waals surface area contributed by atoms with Crippen LogP contribution in [0.3, 0.4) is 0 Å². The third-order valence-corrected chi connectivity index (χ3v) is 4.40. The Morgan fingerprint density at radius 2 is 1.78 bits per heavy atom. The second-order valence-electron chi connectivity index (χ2n) is 6.31. The standard InChI is InChI=1S/C22H24N2O3/c1-16(22(25)23-15-17-10-12-19(26-2)13-11-17)24-21(20-9-6-14-27-20)18-7-4-3-5-8-18/h3-14,16,21,24H,15H2,1-2H3,(H,23,25)/t16-,21-/m1/s1. The number of amides is 1. The highest BCUT2D eigenvalue weighted by atomic mass is 16.5. The largest absolute Gasteiger partial charge is 0.497 e. The van der Waals surface area contributed by atoms with Gasteiger partial charge in [0, 0.05) is 6.54 Å². The van der Waals surface area contributed by atoms with Crippen LogP contribution < -0.4 is 15.4 Å². The van der Waals surface area contributed by atoms with Crippen LogP contribution in [0.5, 0.6) is 5.75 Å². The fourth-order valence-electron chi connectivity index (χ4n) is 2.85. The molecule has 0 bridgehead atoms. The molecular weight excluding hydrogens is 340 g/mol. The van der Waals surface area contributed by atoms with Crippen molar-refractivity contribution in [2.24, 2.45) is 0 Å². The number of furan rings is 1. The molecule has 27 heavy (non-hydrogen) atoms. The maximum absolute atomic E-state index is 12.5. The van der Waals surface area contributed by atoms with Crippen molar-refractivity contribution in [3.8, 4) is 5.75 Å². The molecular formula is C22H24N2O3. The zero-order valence-corrected chi connectivity index (χ0v) is 15.5. The van der Waals surface area contributed by atoms with E-state index in [1.807, 2.05) is 73.7 Å². The summed E-state index contributed by atoms with van der Waals surface area (Å²) in [6.45, 7) is 2.31. The summed E-state index contributed by atoms with van der Waals surface area (Å²) in [4.78, 5) is 12.5. The number of carbonyl (C=O) groups is 1. The minimum absolute atomic E-state index is 0.0710. The second kappa shape index (κ2) is 9.05. The van der Waals surface area contributed by atoms with E-state index in [0.29, 0.717) is 6.54 Å². The SMILES string of the molecule is COc1ccc(CNC(=O)[C@@H](C)N[C@H](c2ccccc2)c2ccco2)cc1. The normalized spacial score (nSPS) is 13.0. The van der Waals surface area contributed by atoms with Crippen LogP contribution in [0, 0.1) is 0 Å². The van der Waals surface area contributed by atoms with Crippen LogP contribution >= 0.6 is 0 Å². The molecule has 1 heterocycles. The Kier molecular flexibility index (Phi) is 6.28. The molecule has 0 aliphatic heterocycles. The number of carbonyl (C=O) groups excluding carboxylic acids is 1. The molecule has 2 N–H and O–H groups in total. The number of rotatable bonds is 8. The van der Waals surface area contributed by atoms with E-state index in [1.54, 1.807) is 13.4 Å². The third kappa shape index (κ3) is 4.99. The van der Waals surface area contributed by atoms with Crippen LogP contribution in [0.1, 0.15) is 29.9 Å². The first-order chi connectivity index (χ1) is 13.2. The monoisotopic (exact) mass is 364 g/mol. The van der Waals surface area contributed by atoms with Gasteiger partial charge in [0.05, 0.1) is 25.5 Å². The minimum Gasteiger partial charge on any atom is -0.497 e. The topological polar surface area (TPSA) is 63.5 Å². The van der Waals surface area contributed by atoms with Gasteiger partial charge in [0.25, 0.3) is 0 Å². The van der Waals surface area contributed by atoms with E-state index in [0.717, 1.165) is 22.6 Å². The van der Waals surface area contributed by atoms with E-state index in [-0.39, 0.29) is 11.9 Å². The number of hydrogen-bond donors (Lipinski definition) is 2. The van der Waals surface area contributed by atoms with E-state index in [1.165, 1.54) is 0 Å². The highest BCUT2D eigenvalue weighted by molar-refractivity contribution is 5.81. The van der Waals surface area contributed by atoms with Crippen molar-refractivity contribution < 1.29 is 13.9 Å². The van der Waals surface area contributed by atoms with Crippen molar-refractivity contribution in [2.45, 2.75) is 25.6 Å². The van der Waals surface area contributed by atoms with Crippen LogP contribution in [0.2, 0.25) is 0 Å². The van der Waals surface area contributed by atoms with E-state index in [4.69, 9.17) is 9.15 Å². The molecule has 5 nitrogen and oxygen atoms in total. The van der Waals surface area contributed by atoms with E-state index >= 15 is 0 Å². The summed E-state index contributed by atoms with van der Waals surface area (Å²) >= 11 is 0. The summed E-state index contributed by atoms with van der Waals surface area (Å²) in [5.41, 5.74) is 2.06. The number of benzene rings is 2. The Bertz CT molecular complexity index is 830. The van der Waals surface area contributed by atoms with E-state index in [9.17, 15) is 4.79 Å². The number of nitrogens with one attached hydrogen (secondary N) is 2. The van der Waals surface area contributed by atoms with Crippen molar-refractivity contribution in [1.29, 1.82) is 0 Å². The van der Waals surface area contributed by atoms with Crippen LogP contribution in [-0.2, 0) is 11.3 Å². The highest BCUT2D eigenvalue weighted by Gasteiger charge is 2.22. The molecule has 3 rings (SSSR count). The van der Waals surface area contributed by atoms with Crippen LogP contribution in [0.4, 0.5) is 0 Å². The van der Waals surface area contributed by atoms with Crippen molar-refractivity contribution in [2.75, 3.05) is 7.11 Å². The molecule has 0 spiro atoms. The Morgan fingerprint density at radius 1 is 1.04 bits per heavy atom. The van der Waals surface area contributed by atoms with E-state index in [2.05, 4.69) is 10.6 Å². The Morgan fingerprint density at radius 3 is 2.41 bits per heavy atom. The van der Waals surface area contributed by atoms with Gasteiger partial charge < -0.3 is 14.5 Å². The smallest absolute Gasteiger partial charge is 0.237 e. The molecule has 2 aromatic carbocycles. The first kappa shape index (κ1) is 18.7. The lowest BCUT2D eigenvalue weighted by Crippen LogP contribution is -2.43. The Labute approximate surface area is 159 Å². The molecule has 5 heteroatoms. The van der Waals surface area contributed by atoms with Crippen molar-refractivity contribution >= 4 is 5.91 Å². The molecule has 0 radical (unpaired) electrons. The minimum atomic E-state index is -0.390. The zero-order chi connectivity index (χ0) is 19.1. The van der Waals surface area contributed by atoms with Crippen molar-refractivity contribution in [3.63, 3.8) is 0 Å². The molecule has 2 atom stereocenters. The summed E-state index contributed by atoms with van der Waals surface area (Å²) in [6.07, 6.45) is 1.64. The van der Waals surface area contributed by atoms with Gasteiger partial charge in [0.1, 0.15) is 11.5 Å². The Hall–Kier alpha value is -3.05. The highest BCUT2D eigenvalue weighted by Crippen LogP contribution is 2.23. The molecule has 0 saturated heterocycles. The lowest BCUT2D eigenvalue weighted by atomic mass is 10.0. The number of ether oxygens (including phenoxy) is 1. The number of hydrogen-bond acceptors (Lipinski definition) is 4. The summed E-state index contributed by atoms with van der Waals surface area (Å²) in [5, 5.41) is 6.33. The van der Waals surface area contributed by atoms with Crippen molar-refractivity contribution in [3.05, 3.63) is 89.9 Å². The van der Waals surface area contributed by atoms with Gasteiger partial charge in [-0.05, 0) is 42.3 Å². The molecule has 1 amide bonds. The molecule has 0 fully saturated rings. The average Bonchev–Trinajstić information content (AvgIpc) is 3.25. The van der Waals surface area contributed by atoms with Gasteiger partial charge in [0.15, 0.2) is 0 Å². The lowest BCUT2D eigenvalue weighted by molar-refractivity contribution is -0.123. The quantitative estimate of drug-likeness (QED) is 0.640. The summed E-state index contributed by atoms with van der Waals surface area (Å²) in [5.74, 6) is 1.50. The van der Waals surface area contributed by atoms with Gasteiger partial charge in [-0.2, -0.15) is 0 Å². The second-order valence-corrected chi connectivity index (χ2v) is 6.31. The van der Waals surface area contributed by atoms with Gasteiger partial charge >= 0.3 is 0 Å². The Balaban J connectivity index is 1.62. The van der Waals surface area contributed by atoms with Crippen LogP contribution in [0.25, 0.3) is 0 Å². The summed E-state index contributed by atoms with van der Waals surface area (Å²) in [6, 6.07) is 20.8. The first-order valence-corrected chi connectivity index (χ1v) is 8.92. The predicted molar refractivity (Wildman–Crippen MR) is 104 cm³/mol. The van der Waals surface area contributed by atoms with Gasteiger partial charge in [-0.3, -0.25) is 10.1 Å². The predicted octanol–water partition coefficient (Wildman–Crippen LogP) is 3.67. The maximum Gasteiger partial charge on any atom is 0.237 e. The van der Waals surface area contributed by atoms with Crippen LogP contribution in [0.15, 0.2) is 77.4 Å². The number of methoxy groups -OCH3 is 1. The van der Waals surface area contributed by atoms with Crippen molar-refractivity contribution in [1.82, 2.24) is 10.6 Å². The maximum atomic E-state index is 12.5. The molecule has 140 valence electrons. The first-order valence-electron chi connectivity index (χ1n) is 8.92. The summed E-state index contributed by atoms with van der Waals surface area (Å²) in [7, 11) is 1.63. The molecule has 1 aromatic heterocycles. The molecule has 0 saturated carbocycles. The third-order valence-electron chi connectivity index (χ3n) is 4.40. The molecule has 0 aliphatic rings. The summed E-state index contributed by atoms with van der Waals surface area (Å²) < 4.78 is 10.7. The molecule has 0 unspecified atom stereocenters. The lowest BCUT2D eigenvalue weighted by Gasteiger charge is -2.22. The van der Waals surface area contributed by atoms with Gasteiger partial charge in [0.2, 0.25) is 5.91 Å². The van der Waals surface area contributed by atoms with E-state index < -0.39 is 6.04 Å².